The van der Waals surface area contributed by atoms with Crippen LogP contribution < -0.4 is 5.32 Å². The van der Waals surface area contributed by atoms with Gasteiger partial charge in [0.1, 0.15) is 0 Å². The molecule has 23 heavy (non-hydrogen) atoms. The molecule has 1 aliphatic heterocycles. The Labute approximate surface area is 164 Å². The van der Waals surface area contributed by atoms with Gasteiger partial charge in [-0.3, -0.25) is 4.99 Å². The highest BCUT2D eigenvalue weighted by Gasteiger charge is 2.32. The van der Waals surface area contributed by atoms with Crippen LogP contribution in [0.3, 0.4) is 0 Å². The third-order valence-corrected chi connectivity index (χ3v) is 6.27. The Bertz CT molecular complexity index is 370. The van der Waals surface area contributed by atoms with E-state index in [1.165, 1.54) is 18.6 Å². The van der Waals surface area contributed by atoms with E-state index in [9.17, 15) is 0 Å². The summed E-state index contributed by atoms with van der Waals surface area (Å²) in [6.45, 7) is 11.0. The highest BCUT2D eigenvalue weighted by Crippen LogP contribution is 2.34. The summed E-state index contributed by atoms with van der Waals surface area (Å²) in [5, 5.41) is 4.24. The topological polar surface area (TPSA) is 30.9 Å². The van der Waals surface area contributed by atoms with Crippen molar-refractivity contribution in [3.8, 4) is 0 Å². The van der Waals surface area contributed by atoms with Crippen LogP contribution in [0.25, 0.3) is 0 Å². The molecule has 1 saturated heterocycles. The molecular formula is C17H35IN4S. The molecule has 4 nitrogen and oxygen atoms in total. The van der Waals surface area contributed by atoms with Gasteiger partial charge in [-0.05, 0) is 45.7 Å². The minimum absolute atomic E-state index is 0. The van der Waals surface area contributed by atoms with Crippen molar-refractivity contribution in [3.63, 3.8) is 0 Å². The summed E-state index contributed by atoms with van der Waals surface area (Å²) >= 11 is 2.12. The van der Waals surface area contributed by atoms with E-state index in [-0.39, 0.29) is 24.0 Å². The van der Waals surface area contributed by atoms with Crippen molar-refractivity contribution in [2.75, 3.05) is 46.0 Å². The van der Waals surface area contributed by atoms with Crippen molar-refractivity contribution in [2.45, 2.75) is 44.9 Å². The van der Waals surface area contributed by atoms with Gasteiger partial charge in [0, 0.05) is 36.7 Å². The van der Waals surface area contributed by atoms with Gasteiger partial charge >= 0.3 is 0 Å². The number of likely N-dealkylation sites (N-methyl/N-ethyl adjacent to an activating group) is 1. The van der Waals surface area contributed by atoms with Crippen molar-refractivity contribution in [3.05, 3.63) is 0 Å². The zero-order valence-corrected chi connectivity index (χ0v) is 18.6. The van der Waals surface area contributed by atoms with E-state index in [1.807, 2.05) is 0 Å². The summed E-state index contributed by atoms with van der Waals surface area (Å²) in [7, 11) is 4.38. The predicted molar refractivity (Wildman–Crippen MR) is 114 cm³/mol. The summed E-state index contributed by atoms with van der Waals surface area (Å²) in [6.07, 6.45) is 2.76. The standard InChI is InChI=1S/C17H34N4S.HI/c1-6-18-17(19-11-15(20(4)5)14-7-8-14)21-9-10-22-16(12-21)13(2)3;/h13-16H,6-12H2,1-5H3,(H,18,19);1H. The van der Waals surface area contributed by atoms with Gasteiger partial charge in [0.05, 0.1) is 6.54 Å². The molecule has 0 amide bonds. The second kappa shape index (κ2) is 10.3. The summed E-state index contributed by atoms with van der Waals surface area (Å²) < 4.78 is 0. The molecule has 0 aromatic heterocycles. The molecular weight excluding hydrogens is 419 g/mol. The molecule has 2 rings (SSSR count). The number of hydrogen-bond acceptors (Lipinski definition) is 3. The van der Waals surface area contributed by atoms with Crippen molar-refractivity contribution in [2.24, 2.45) is 16.8 Å². The molecule has 2 aliphatic rings. The highest BCUT2D eigenvalue weighted by atomic mass is 127. The fourth-order valence-corrected chi connectivity index (χ4v) is 4.39. The molecule has 1 saturated carbocycles. The number of hydrogen-bond donors (Lipinski definition) is 1. The lowest BCUT2D eigenvalue weighted by Gasteiger charge is -2.36. The Morgan fingerprint density at radius 2 is 2.04 bits per heavy atom. The molecule has 136 valence electrons. The van der Waals surface area contributed by atoms with Crippen LogP contribution in [0, 0.1) is 11.8 Å². The number of thioether (sulfide) groups is 1. The van der Waals surface area contributed by atoms with Crippen LogP contribution in [0.2, 0.25) is 0 Å². The summed E-state index contributed by atoms with van der Waals surface area (Å²) in [5.41, 5.74) is 0. The first-order valence-corrected chi connectivity index (χ1v) is 9.89. The molecule has 0 aromatic carbocycles. The number of halogens is 1. The molecule has 0 spiro atoms. The maximum atomic E-state index is 4.99. The minimum Gasteiger partial charge on any atom is -0.357 e. The zero-order chi connectivity index (χ0) is 16.1. The van der Waals surface area contributed by atoms with E-state index in [0.29, 0.717) is 6.04 Å². The predicted octanol–water partition coefficient (Wildman–Crippen LogP) is 2.98. The van der Waals surface area contributed by atoms with Crippen molar-refractivity contribution < 1.29 is 0 Å². The molecule has 0 bridgehead atoms. The molecule has 1 heterocycles. The first-order chi connectivity index (χ1) is 10.5. The van der Waals surface area contributed by atoms with E-state index < -0.39 is 0 Å². The quantitative estimate of drug-likeness (QED) is 0.380. The Kier molecular flexibility index (Phi) is 9.59. The van der Waals surface area contributed by atoms with Crippen molar-refractivity contribution in [1.82, 2.24) is 15.1 Å². The van der Waals surface area contributed by atoms with Crippen LogP contribution in [-0.2, 0) is 0 Å². The van der Waals surface area contributed by atoms with Crippen LogP contribution in [0.4, 0.5) is 0 Å². The van der Waals surface area contributed by atoms with E-state index >= 15 is 0 Å². The SMILES string of the molecule is CCNC(=NCC(C1CC1)N(C)C)N1CCSC(C(C)C)C1.I. The Hall–Kier alpha value is 0.310. The molecule has 2 unspecified atom stereocenters. The lowest BCUT2D eigenvalue weighted by Crippen LogP contribution is -2.49. The molecule has 1 N–H and O–H groups in total. The Morgan fingerprint density at radius 1 is 1.35 bits per heavy atom. The van der Waals surface area contributed by atoms with Crippen LogP contribution in [0.5, 0.6) is 0 Å². The van der Waals surface area contributed by atoms with Gasteiger partial charge in [0.25, 0.3) is 0 Å². The van der Waals surface area contributed by atoms with Crippen molar-refractivity contribution >= 4 is 41.7 Å². The molecule has 0 radical (unpaired) electrons. The van der Waals surface area contributed by atoms with E-state index in [1.54, 1.807) is 0 Å². The Balaban J connectivity index is 0.00000264. The maximum absolute atomic E-state index is 4.99. The minimum atomic E-state index is 0. The third-order valence-electron chi connectivity index (χ3n) is 4.73. The van der Waals surface area contributed by atoms with Gasteiger partial charge in [0.15, 0.2) is 5.96 Å². The fourth-order valence-electron chi connectivity index (χ4n) is 3.09. The van der Waals surface area contributed by atoms with Crippen LogP contribution >= 0.6 is 35.7 Å². The van der Waals surface area contributed by atoms with Gasteiger partial charge in [-0.25, -0.2) is 0 Å². The van der Waals surface area contributed by atoms with Crippen molar-refractivity contribution in [1.29, 1.82) is 0 Å². The zero-order valence-electron chi connectivity index (χ0n) is 15.4. The summed E-state index contributed by atoms with van der Waals surface area (Å²) in [4.78, 5) is 9.83. The number of aliphatic imine (C=N–C) groups is 1. The second-order valence-electron chi connectivity index (χ2n) is 7.16. The smallest absolute Gasteiger partial charge is 0.194 e. The van der Waals surface area contributed by atoms with Gasteiger partial charge in [-0.15, -0.1) is 24.0 Å². The van der Waals surface area contributed by atoms with Gasteiger partial charge in [-0.2, -0.15) is 11.8 Å². The summed E-state index contributed by atoms with van der Waals surface area (Å²) in [5.74, 6) is 3.94. The first-order valence-electron chi connectivity index (χ1n) is 8.84. The number of nitrogens with zero attached hydrogens (tertiary/aromatic N) is 3. The Morgan fingerprint density at radius 3 is 2.57 bits per heavy atom. The molecule has 2 atom stereocenters. The number of rotatable bonds is 6. The molecule has 0 aromatic rings. The van der Waals surface area contributed by atoms with Gasteiger partial charge < -0.3 is 15.1 Å². The fraction of sp³-hybridized carbons (Fsp3) is 0.941. The van der Waals surface area contributed by atoms with Crippen LogP contribution in [-0.4, -0.2) is 73.1 Å². The monoisotopic (exact) mass is 454 g/mol. The van der Waals surface area contributed by atoms with E-state index in [2.05, 4.69) is 61.7 Å². The van der Waals surface area contributed by atoms with E-state index in [0.717, 1.165) is 49.2 Å². The average Bonchev–Trinajstić information content (AvgIpc) is 3.31. The number of guanidine groups is 1. The molecule has 1 aliphatic carbocycles. The summed E-state index contributed by atoms with van der Waals surface area (Å²) in [6, 6.07) is 0.605. The second-order valence-corrected chi connectivity index (χ2v) is 8.51. The van der Waals surface area contributed by atoms with Crippen LogP contribution in [0.15, 0.2) is 4.99 Å². The largest absolute Gasteiger partial charge is 0.357 e. The lowest BCUT2D eigenvalue weighted by molar-refractivity contribution is 0.270. The normalized spacial score (nSPS) is 23.9. The van der Waals surface area contributed by atoms with Gasteiger partial charge in [0.2, 0.25) is 0 Å². The van der Waals surface area contributed by atoms with Crippen LogP contribution in [0.1, 0.15) is 33.6 Å². The molecule has 2 fully saturated rings. The number of nitrogens with one attached hydrogen (secondary N) is 1. The van der Waals surface area contributed by atoms with Gasteiger partial charge in [-0.1, -0.05) is 13.8 Å². The highest BCUT2D eigenvalue weighted by molar-refractivity contribution is 14.0. The molecule has 6 heteroatoms. The lowest BCUT2D eigenvalue weighted by atomic mass is 10.1. The third kappa shape index (κ3) is 6.61. The maximum Gasteiger partial charge on any atom is 0.194 e. The average molecular weight is 454 g/mol. The van der Waals surface area contributed by atoms with E-state index in [4.69, 9.17) is 4.99 Å². The first kappa shape index (κ1) is 21.4.